The van der Waals surface area contributed by atoms with Gasteiger partial charge in [-0.3, -0.25) is 10.1 Å². The number of nitro benzene ring substituents is 1. The van der Waals surface area contributed by atoms with Crippen LogP contribution in [0.2, 0.25) is 0 Å². The van der Waals surface area contributed by atoms with Crippen LogP contribution in [0.1, 0.15) is 42.3 Å². The van der Waals surface area contributed by atoms with Crippen molar-refractivity contribution in [2.75, 3.05) is 55.7 Å². The van der Waals surface area contributed by atoms with E-state index in [0.717, 1.165) is 38.0 Å². The van der Waals surface area contributed by atoms with Gasteiger partial charge in [-0.15, -0.1) is 0 Å². The topological polar surface area (TPSA) is 126 Å². The van der Waals surface area contributed by atoms with Crippen LogP contribution in [0, 0.1) is 17.0 Å². The van der Waals surface area contributed by atoms with Gasteiger partial charge >= 0.3 is 5.97 Å². The molecule has 208 valence electrons. The Labute approximate surface area is 227 Å². The Balaban J connectivity index is 1.34. The first-order chi connectivity index (χ1) is 18.7. The molecule has 2 aromatic carbocycles. The van der Waals surface area contributed by atoms with E-state index in [4.69, 9.17) is 9.15 Å². The number of fused-ring (bicyclic) bond motifs is 1. The van der Waals surface area contributed by atoms with Crippen LogP contribution >= 0.6 is 0 Å². The molecule has 2 fully saturated rings. The van der Waals surface area contributed by atoms with Gasteiger partial charge in [0.15, 0.2) is 0 Å². The second-order valence-corrected chi connectivity index (χ2v) is 11.7. The number of benzene rings is 2. The predicted molar refractivity (Wildman–Crippen MR) is 147 cm³/mol. The Bertz CT molecular complexity index is 1500. The monoisotopic (exact) mass is 556 g/mol. The fraction of sp³-hybridized carbons (Fsp3) is 0.444. The zero-order valence-corrected chi connectivity index (χ0v) is 22.9. The van der Waals surface area contributed by atoms with Crippen LogP contribution in [0.3, 0.4) is 0 Å². The van der Waals surface area contributed by atoms with Gasteiger partial charge in [0.2, 0.25) is 15.8 Å². The van der Waals surface area contributed by atoms with E-state index in [1.54, 1.807) is 38.1 Å². The lowest BCUT2D eigenvalue weighted by molar-refractivity contribution is -0.384. The molecule has 3 heterocycles. The number of aryl methyl sites for hydroxylation is 1. The zero-order chi connectivity index (χ0) is 27.7. The highest BCUT2D eigenvalue weighted by Gasteiger charge is 2.31. The van der Waals surface area contributed by atoms with E-state index >= 15 is 0 Å². The van der Waals surface area contributed by atoms with Gasteiger partial charge in [0.1, 0.15) is 11.3 Å². The molecule has 0 saturated carbocycles. The summed E-state index contributed by atoms with van der Waals surface area (Å²) in [4.78, 5) is 27.8. The van der Waals surface area contributed by atoms with Crippen molar-refractivity contribution in [3.05, 3.63) is 57.8 Å². The van der Waals surface area contributed by atoms with E-state index in [1.807, 2.05) is 6.07 Å². The van der Waals surface area contributed by atoms with Crippen molar-refractivity contribution in [3.8, 4) is 0 Å². The molecule has 39 heavy (non-hydrogen) atoms. The molecule has 12 heteroatoms. The smallest absolute Gasteiger partial charge is 0.374 e. The Morgan fingerprint density at radius 2 is 1.72 bits per heavy atom. The number of nitro groups is 1. The SMILES string of the molecule is CCOC(=O)c1oc2ccc(S(=O)(=O)N3CCN(c4ccc([N+](=O)[O-])c(N5CCCCC5)c4)CC3)cc2c1C. The second kappa shape index (κ2) is 10.9. The summed E-state index contributed by atoms with van der Waals surface area (Å²) in [6.45, 7) is 6.65. The number of furan rings is 1. The van der Waals surface area contributed by atoms with Gasteiger partial charge in [-0.25, -0.2) is 13.2 Å². The molecule has 5 rings (SSSR count). The molecule has 2 aliphatic heterocycles. The van der Waals surface area contributed by atoms with Crippen LogP contribution in [0.4, 0.5) is 17.1 Å². The molecule has 0 spiro atoms. The third-order valence-electron chi connectivity index (χ3n) is 7.46. The number of anilines is 2. The van der Waals surface area contributed by atoms with Gasteiger partial charge in [-0.1, -0.05) is 0 Å². The van der Waals surface area contributed by atoms with E-state index in [1.165, 1.54) is 10.4 Å². The average Bonchev–Trinajstić information content (AvgIpc) is 3.29. The van der Waals surface area contributed by atoms with Crippen LogP contribution in [0.15, 0.2) is 45.7 Å². The summed E-state index contributed by atoms with van der Waals surface area (Å²) in [5, 5.41) is 12.2. The molecular formula is C27H32N4O7S. The number of sulfonamides is 1. The molecule has 1 aromatic heterocycles. The van der Waals surface area contributed by atoms with Crippen LogP contribution in [-0.2, 0) is 14.8 Å². The van der Waals surface area contributed by atoms with Crippen molar-refractivity contribution in [2.45, 2.75) is 38.0 Å². The summed E-state index contributed by atoms with van der Waals surface area (Å²) in [6, 6.07) is 9.75. The number of hydrogen-bond donors (Lipinski definition) is 0. The number of ether oxygens (including phenoxy) is 1. The lowest BCUT2D eigenvalue weighted by Crippen LogP contribution is -2.48. The molecule has 0 bridgehead atoms. The molecule has 0 aliphatic carbocycles. The van der Waals surface area contributed by atoms with E-state index in [0.29, 0.717) is 35.3 Å². The molecular weight excluding hydrogens is 524 g/mol. The van der Waals surface area contributed by atoms with Gasteiger partial charge < -0.3 is 19.0 Å². The molecule has 11 nitrogen and oxygen atoms in total. The lowest BCUT2D eigenvalue weighted by Gasteiger charge is -2.36. The minimum absolute atomic E-state index is 0.0713. The van der Waals surface area contributed by atoms with Crippen molar-refractivity contribution in [3.63, 3.8) is 0 Å². The number of piperidine rings is 1. The first kappa shape index (κ1) is 26.9. The summed E-state index contributed by atoms with van der Waals surface area (Å²) in [5.41, 5.74) is 2.52. The van der Waals surface area contributed by atoms with Crippen molar-refractivity contribution in [1.82, 2.24) is 4.31 Å². The van der Waals surface area contributed by atoms with E-state index in [9.17, 15) is 23.3 Å². The van der Waals surface area contributed by atoms with Crippen LogP contribution < -0.4 is 9.80 Å². The maximum Gasteiger partial charge on any atom is 0.374 e. The van der Waals surface area contributed by atoms with Gasteiger partial charge in [-0.05, 0) is 63.4 Å². The quantitative estimate of drug-likeness (QED) is 0.237. The number of carbonyl (C=O) groups is 1. The van der Waals surface area contributed by atoms with E-state index < -0.39 is 16.0 Å². The highest BCUT2D eigenvalue weighted by Crippen LogP contribution is 2.35. The second-order valence-electron chi connectivity index (χ2n) is 9.80. The highest BCUT2D eigenvalue weighted by molar-refractivity contribution is 7.89. The van der Waals surface area contributed by atoms with Crippen molar-refractivity contribution >= 4 is 44.0 Å². The highest BCUT2D eigenvalue weighted by atomic mass is 32.2. The fourth-order valence-electron chi connectivity index (χ4n) is 5.34. The molecule has 2 saturated heterocycles. The lowest BCUT2D eigenvalue weighted by atomic mass is 10.1. The predicted octanol–water partition coefficient (Wildman–Crippen LogP) is 4.33. The Hall–Kier alpha value is -3.64. The molecule has 0 atom stereocenters. The Morgan fingerprint density at radius 1 is 1.00 bits per heavy atom. The van der Waals surface area contributed by atoms with Crippen LogP contribution in [0.25, 0.3) is 11.0 Å². The number of nitrogens with zero attached hydrogens (tertiary/aromatic N) is 4. The van der Waals surface area contributed by atoms with Gasteiger partial charge in [0.05, 0.1) is 16.4 Å². The summed E-state index contributed by atoms with van der Waals surface area (Å²) >= 11 is 0. The summed E-state index contributed by atoms with van der Waals surface area (Å²) in [5.74, 6) is -0.511. The Kier molecular flexibility index (Phi) is 7.50. The average molecular weight is 557 g/mol. The molecule has 0 amide bonds. The van der Waals surface area contributed by atoms with Gasteiger partial charge in [-0.2, -0.15) is 4.31 Å². The van der Waals surface area contributed by atoms with E-state index in [2.05, 4.69) is 9.80 Å². The number of piperazine rings is 1. The summed E-state index contributed by atoms with van der Waals surface area (Å²) in [6.07, 6.45) is 3.14. The van der Waals surface area contributed by atoms with Crippen molar-refractivity contribution in [1.29, 1.82) is 0 Å². The van der Waals surface area contributed by atoms with E-state index in [-0.39, 0.29) is 41.0 Å². The first-order valence-corrected chi connectivity index (χ1v) is 14.6. The number of esters is 1. The molecule has 0 unspecified atom stereocenters. The third kappa shape index (κ3) is 5.18. The summed E-state index contributed by atoms with van der Waals surface area (Å²) < 4.78 is 39.1. The normalized spacial score (nSPS) is 17.0. The maximum atomic E-state index is 13.5. The third-order valence-corrected chi connectivity index (χ3v) is 9.36. The van der Waals surface area contributed by atoms with Crippen LogP contribution in [0.5, 0.6) is 0 Å². The maximum absolute atomic E-state index is 13.5. The fourth-order valence-corrected chi connectivity index (χ4v) is 6.79. The van der Waals surface area contributed by atoms with Gasteiger partial charge in [0.25, 0.3) is 5.69 Å². The Morgan fingerprint density at radius 3 is 2.38 bits per heavy atom. The van der Waals surface area contributed by atoms with Gasteiger partial charge in [0, 0.05) is 62.0 Å². The van der Waals surface area contributed by atoms with Crippen molar-refractivity contribution in [2.24, 2.45) is 0 Å². The molecule has 0 N–H and O–H groups in total. The standard InChI is InChI=1S/C27H32N4O7S/c1-3-37-27(32)26-19(2)22-18-21(8-10-25(22)38-26)39(35,36)30-15-13-28(14-16-30)20-7-9-23(31(33)34)24(17-20)29-11-5-4-6-12-29/h7-10,17-18H,3-6,11-16H2,1-2H3. The molecule has 3 aromatic rings. The minimum Gasteiger partial charge on any atom is -0.460 e. The number of rotatable bonds is 7. The van der Waals surface area contributed by atoms with Crippen molar-refractivity contribution < 1.29 is 27.3 Å². The molecule has 2 aliphatic rings. The minimum atomic E-state index is -3.79. The number of hydrogen-bond acceptors (Lipinski definition) is 9. The first-order valence-electron chi connectivity index (χ1n) is 13.2. The van der Waals surface area contributed by atoms with Crippen LogP contribution in [-0.4, -0.2) is 69.5 Å². The molecule has 0 radical (unpaired) electrons. The largest absolute Gasteiger partial charge is 0.460 e. The summed E-state index contributed by atoms with van der Waals surface area (Å²) in [7, 11) is -3.79. The number of carbonyl (C=O) groups excluding carboxylic acids is 1. The zero-order valence-electron chi connectivity index (χ0n) is 22.1.